The van der Waals surface area contributed by atoms with Gasteiger partial charge in [0.2, 0.25) is 0 Å². The van der Waals surface area contributed by atoms with Gasteiger partial charge in [0, 0.05) is 36.9 Å². The SMILES string of the molecule is Cc1ccc(-c2ccc(N(c3ccc4sc5ccccc5c4c3)c3cccc4ccccc34)cc2)cc1. The summed E-state index contributed by atoms with van der Waals surface area (Å²) in [6.07, 6.45) is 0. The van der Waals surface area contributed by atoms with Crippen LogP contribution in [-0.2, 0) is 0 Å². The van der Waals surface area contributed by atoms with Crippen molar-refractivity contribution in [3.63, 3.8) is 0 Å². The Morgan fingerprint density at radius 2 is 1.11 bits per heavy atom. The van der Waals surface area contributed by atoms with Gasteiger partial charge in [0.1, 0.15) is 0 Å². The molecule has 0 bridgehead atoms. The molecule has 0 N–H and O–H groups in total. The van der Waals surface area contributed by atoms with Gasteiger partial charge in [-0.15, -0.1) is 11.3 Å². The Morgan fingerprint density at radius 3 is 1.92 bits per heavy atom. The molecule has 1 aromatic heterocycles. The first-order valence-electron chi connectivity index (χ1n) is 12.6. The van der Waals surface area contributed by atoms with Gasteiger partial charge in [0.15, 0.2) is 0 Å². The molecule has 0 atom stereocenters. The van der Waals surface area contributed by atoms with Crippen molar-refractivity contribution in [3.8, 4) is 11.1 Å². The van der Waals surface area contributed by atoms with E-state index in [1.807, 2.05) is 11.3 Å². The molecule has 7 rings (SSSR count). The normalized spacial score (nSPS) is 11.4. The van der Waals surface area contributed by atoms with Gasteiger partial charge in [-0.1, -0.05) is 96.6 Å². The minimum absolute atomic E-state index is 1.14. The number of anilines is 3. The molecule has 0 spiro atoms. The van der Waals surface area contributed by atoms with Crippen LogP contribution < -0.4 is 4.90 Å². The first-order valence-corrected chi connectivity index (χ1v) is 13.4. The molecule has 0 aliphatic rings. The molecule has 0 aliphatic heterocycles. The molecule has 1 nitrogen and oxygen atoms in total. The Balaban J connectivity index is 1.43. The van der Waals surface area contributed by atoms with Gasteiger partial charge in [-0.2, -0.15) is 0 Å². The largest absolute Gasteiger partial charge is 0.310 e. The topological polar surface area (TPSA) is 3.24 Å². The fraction of sp³-hybridized carbons (Fsp3) is 0.0286. The lowest BCUT2D eigenvalue weighted by Crippen LogP contribution is -2.10. The highest BCUT2D eigenvalue weighted by Crippen LogP contribution is 2.42. The zero-order valence-corrected chi connectivity index (χ0v) is 21.4. The monoisotopic (exact) mass is 491 g/mol. The molecule has 6 aromatic carbocycles. The molecule has 176 valence electrons. The van der Waals surface area contributed by atoms with Crippen molar-refractivity contribution in [2.75, 3.05) is 4.90 Å². The van der Waals surface area contributed by atoms with Crippen molar-refractivity contribution in [3.05, 3.63) is 139 Å². The molecular weight excluding hydrogens is 466 g/mol. The van der Waals surface area contributed by atoms with Crippen LogP contribution in [0.5, 0.6) is 0 Å². The van der Waals surface area contributed by atoms with Crippen molar-refractivity contribution in [1.29, 1.82) is 0 Å². The van der Waals surface area contributed by atoms with E-state index in [0.29, 0.717) is 0 Å². The Morgan fingerprint density at radius 1 is 0.486 bits per heavy atom. The molecule has 0 aliphatic carbocycles. The van der Waals surface area contributed by atoms with E-state index in [9.17, 15) is 0 Å². The predicted molar refractivity (Wildman–Crippen MR) is 162 cm³/mol. The van der Waals surface area contributed by atoms with Crippen LogP contribution in [0.25, 0.3) is 42.1 Å². The maximum Gasteiger partial charge on any atom is 0.0540 e. The van der Waals surface area contributed by atoms with E-state index in [4.69, 9.17) is 0 Å². The van der Waals surface area contributed by atoms with Gasteiger partial charge in [0.05, 0.1) is 5.69 Å². The van der Waals surface area contributed by atoms with Crippen LogP contribution >= 0.6 is 11.3 Å². The van der Waals surface area contributed by atoms with Crippen molar-refractivity contribution < 1.29 is 0 Å². The van der Waals surface area contributed by atoms with Gasteiger partial charge in [0.25, 0.3) is 0 Å². The molecular formula is C35H25NS. The van der Waals surface area contributed by atoms with E-state index in [2.05, 4.69) is 145 Å². The van der Waals surface area contributed by atoms with Crippen LogP contribution in [0.3, 0.4) is 0 Å². The number of benzene rings is 6. The number of rotatable bonds is 4. The highest BCUT2D eigenvalue weighted by Gasteiger charge is 2.17. The maximum atomic E-state index is 2.40. The quantitative estimate of drug-likeness (QED) is 0.237. The maximum absolute atomic E-state index is 2.40. The highest BCUT2D eigenvalue weighted by atomic mass is 32.1. The zero-order valence-electron chi connectivity index (χ0n) is 20.6. The van der Waals surface area contributed by atoms with E-state index in [-0.39, 0.29) is 0 Å². The van der Waals surface area contributed by atoms with Gasteiger partial charge in [-0.3, -0.25) is 0 Å². The summed E-state index contributed by atoms with van der Waals surface area (Å²) in [6.45, 7) is 2.13. The number of thiophene rings is 1. The second-order valence-electron chi connectivity index (χ2n) is 9.53. The second-order valence-corrected chi connectivity index (χ2v) is 10.6. The van der Waals surface area contributed by atoms with Gasteiger partial charge in [-0.05, 0) is 65.9 Å². The summed E-state index contributed by atoms with van der Waals surface area (Å²) in [6, 6.07) is 48.5. The standard InChI is InChI=1S/C35H25NS/c1-24-13-15-25(16-14-24)26-17-19-28(20-18-26)36(33-11-6-8-27-7-2-3-9-30(27)33)29-21-22-35-32(23-29)31-10-4-5-12-34(31)37-35/h2-23H,1H3. The highest BCUT2D eigenvalue weighted by molar-refractivity contribution is 7.25. The summed E-state index contributed by atoms with van der Waals surface area (Å²) in [5.74, 6) is 0. The molecule has 1 heterocycles. The minimum atomic E-state index is 1.14. The number of fused-ring (bicyclic) bond motifs is 4. The summed E-state index contributed by atoms with van der Waals surface area (Å²) >= 11 is 1.86. The number of hydrogen-bond donors (Lipinski definition) is 0. The molecule has 0 radical (unpaired) electrons. The van der Waals surface area contributed by atoms with Crippen LogP contribution in [0.4, 0.5) is 17.1 Å². The molecule has 0 amide bonds. The van der Waals surface area contributed by atoms with E-state index in [1.165, 1.54) is 53.3 Å². The molecule has 0 saturated carbocycles. The summed E-state index contributed by atoms with van der Waals surface area (Å²) < 4.78 is 2.64. The Hall–Kier alpha value is -4.40. The third-order valence-electron chi connectivity index (χ3n) is 7.14. The Bertz CT molecular complexity index is 1870. The van der Waals surface area contributed by atoms with Crippen LogP contribution in [0, 0.1) is 6.92 Å². The fourth-order valence-corrected chi connectivity index (χ4v) is 6.32. The second kappa shape index (κ2) is 8.92. The third kappa shape index (κ3) is 3.87. The van der Waals surface area contributed by atoms with Crippen molar-refractivity contribution >= 4 is 59.3 Å². The summed E-state index contributed by atoms with van der Waals surface area (Å²) in [5.41, 5.74) is 7.22. The molecule has 0 saturated heterocycles. The van der Waals surface area contributed by atoms with Crippen LogP contribution in [0.2, 0.25) is 0 Å². The molecule has 37 heavy (non-hydrogen) atoms. The molecule has 7 aromatic rings. The lowest BCUT2D eigenvalue weighted by molar-refractivity contribution is 1.30. The van der Waals surface area contributed by atoms with E-state index in [1.54, 1.807) is 0 Å². The van der Waals surface area contributed by atoms with Crippen molar-refractivity contribution in [2.24, 2.45) is 0 Å². The summed E-state index contributed by atoms with van der Waals surface area (Å²) in [7, 11) is 0. The first kappa shape index (κ1) is 21.8. The van der Waals surface area contributed by atoms with Crippen LogP contribution in [-0.4, -0.2) is 0 Å². The minimum Gasteiger partial charge on any atom is -0.310 e. The van der Waals surface area contributed by atoms with Crippen molar-refractivity contribution in [2.45, 2.75) is 6.92 Å². The van der Waals surface area contributed by atoms with Gasteiger partial charge >= 0.3 is 0 Å². The number of hydrogen-bond acceptors (Lipinski definition) is 2. The summed E-state index contributed by atoms with van der Waals surface area (Å²) in [5, 5.41) is 5.10. The van der Waals surface area contributed by atoms with Crippen LogP contribution in [0.15, 0.2) is 133 Å². The van der Waals surface area contributed by atoms with Gasteiger partial charge in [-0.25, -0.2) is 0 Å². The lowest BCUT2D eigenvalue weighted by atomic mass is 10.0. The Labute approximate surface area is 220 Å². The predicted octanol–water partition coefficient (Wildman–Crippen LogP) is 10.7. The number of aryl methyl sites for hydroxylation is 1. The Kier molecular flexibility index (Phi) is 5.27. The first-order chi connectivity index (χ1) is 18.2. The average Bonchev–Trinajstić information content (AvgIpc) is 3.32. The molecule has 2 heteroatoms. The summed E-state index contributed by atoms with van der Waals surface area (Å²) in [4.78, 5) is 2.40. The van der Waals surface area contributed by atoms with Crippen LogP contribution in [0.1, 0.15) is 5.56 Å². The zero-order chi connectivity index (χ0) is 24.8. The fourth-order valence-electron chi connectivity index (χ4n) is 5.23. The van der Waals surface area contributed by atoms with Gasteiger partial charge < -0.3 is 4.90 Å². The van der Waals surface area contributed by atoms with E-state index < -0.39 is 0 Å². The number of nitrogens with zero attached hydrogens (tertiary/aromatic N) is 1. The average molecular weight is 492 g/mol. The van der Waals surface area contributed by atoms with E-state index >= 15 is 0 Å². The van der Waals surface area contributed by atoms with Crippen molar-refractivity contribution in [1.82, 2.24) is 0 Å². The smallest absolute Gasteiger partial charge is 0.0540 e. The lowest BCUT2D eigenvalue weighted by Gasteiger charge is -2.27. The molecule has 0 unspecified atom stereocenters. The molecule has 0 fully saturated rings. The third-order valence-corrected chi connectivity index (χ3v) is 8.29. The van der Waals surface area contributed by atoms with E-state index in [0.717, 1.165) is 11.4 Å².